The molecule has 0 amide bonds. The summed E-state index contributed by atoms with van der Waals surface area (Å²) in [5.41, 5.74) is -0.303. The van der Waals surface area contributed by atoms with E-state index >= 15 is 0 Å². The van der Waals surface area contributed by atoms with Gasteiger partial charge in [-0.3, -0.25) is 10.1 Å². The Labute approximate surface area is 98.6 Å². The third-order valence-corrected chi connectivity index (χ3v) is 3.55. The lowest BCUT2D eigenvalue weighted by molar-refractivity contribution is -0.385. The molecule has 0 heterocycles. The number of methoxy groups -OCH3 is 1. The highest BCUT2D eigenvalue weighted by molar-refractivity contribution is 7.89. The number of nitro benzene ring substituents is 1. The molecule has 0 saturated carbocycles. The van der Waals surface area contributed by atoms with Gasteiger partial charge in [0.05, 0.1) is 12.0 Å². The summed E-state index contributed by atoms with van der Waals surface area (Å²) in [7, 11) is -2.49. The van der Waals surface area contributed by atoms with Crippen molar-refractivity contribution >= 4 is 15.7 Å². The molecule has 8 heteroatoms. The van der Waals surface area contributed by atoms with Crippen LogP contribution < -0.4 is 9.46 Å². The molecule has 17 heavy (non-hydrogen) atoms. The zero-order chi connectivity index (χ0) is 13.1. The van der Waals surface area contributed by atoms with Gasteiger partial charge in [0.1, 0.15) is 10.6 Å². The molecule has 0 saturated heterocycles. The Hall–Kier alpha value is -1.67. The van der Waals surface area contributed by atoms with Crippen molar-refractivity contribution in [3.05, 3.63) is 28.3 Å². The Bertz CT molecular complexity index is 526. The molecule has 1 aromatic carbocycles. The van der Waals surface area contributed by atoms with Crippen molar-refractivity contribution in [3.63, 3.8) is 0 Å². The molecule has 0 radical (unpaired) electrons. The molecule has 7 nitrogen and oxygen atoms in total. The van der Waals surface area contributed by atoms with Gasteiger partial charge < -0.3 is 4.74 Å². The fourth-order valence-electron chi connectivity index (χ4n) is 1.26. The summed E-state index contributed by atoms with van der Waals surface area (Å²) in [4.78, 5) is 9.69. The number of non-ortho nitro benzene ring substituents is 1. The van der Waals surface area contributed by atoms with Crippen LogP contribution in [-0.4, -0.2) is 27.0 Å². The van der Waals surface area contributed by atoms with Crippen LogP contribution in [0.2, 0.25) is 0 Å². The summed E-state index contributed by atoms with van der Waals surface area (Å²) >= 11 is 0. The number of nitrogens with zero attached hydrogens (tertiary/aromatic N) is 1. The first-order valence-electron chi connectivity index (χ1n) is 4.74. The highest BCUT2D eigenvalue weighted by atomic mass is 32.2. The van der Waals surface area contributed by atoms with Crippen LogP contribution in [0, 0.1) is 10.1 Å². The first kappa shape index (κ1) is 13.4. The van der Waals surface area contributed by atoms with Crippen molar-refractivity contribution in [1.29, 1.82) is 0 Å². The average molecular weight is 260 g/mol. The minimum absolute atomic E-state index is 0.0663. The molecule has 0 unspecified atom stereocenters. The summed E-state index contributed by atoms with van der Waals surface area (Å²) in [6.45, 7) is 1.80. The van der Waals surface area contributed by atoms with Gasteiger partial charge in [-0.25, -0.2) is 13.1 Å². The lowest BCUT2D eigenvalue weighted by Gasteiger charge is -2.09. The van der Waals surface area contributed by atoms with Crippen molar-refractivity contribution < 1.29 is 18.1 Å². The summed E-state index contributed by atoms with van der Waals surface area (Å²) in [6.07, 6.45) is 0. The number of ether oxygens (including phenoxy) is 1. The third kappa shape index (κ3) is 2.92. The van der Waals surface area contributed by atoms with E-state index in [1.807, 2.05) is 0 Å². The zero-order valence-electron chi connectivity index (χ0n) is 9.34. The topological polar surface area (TPSA) is 98.5 Å². The molecule has 0 bridgehead atoms. The zero-order valence-corrected chi connectivity index (χ0v) is 10.2. The van der Waals surface area contributed by atoms with Gasteiger partial charge in [-0.15, -0.1) is 0 Å². The maximum absolute atomic E-state index is 11.8. The molecule has 1 rings (SSSR count). The number of rotatable bonds is 5. The quantitative estimate of drug-likeness (QED) is 0.626. The van der Waals surface area contributed by atoms with Gasteiger partial charge >= 0.3 is 0 Å². The molecule has 0 fully saturated rings. The molecule has 94 valence electrons. The summed E-state index contributed by atoms with van der Waals surface area (Å²) < 4.78 is 30.7. The number of hydrogen-bond donors (Lipinski definition) is 1. The largest absolute Gasteiger partial charge is 0.495 e. The van der Waals surface area contributed by atoms with E-state index in [9.17, 15) is 18.5 Å². The standard InChI is InChI=1S/C9H12N2O5S/c1-3-10-17(14,15)9-6-7(11(12)13)4-5-8(9)16-2/h4-6,10H,3H2,1-2H3. The van der Waals surface area contributed by atoms with Crippen LogP contribution in [0.25, 0.3) is 0 Å². The third-order valence-electron chi connectivity index (χ3n) is 1.98. The van der Waals surface area contributed by atoms with E-state index in [2.05, 4.69) is 4.72 Å². The molecule has 0 aliphatic carbocycles. The van der Waals surface area contributed by atoms with Crippen LogP contribution in [0.3, 0.4) is 0 Å². The number of sulfonamides is 1. The van der Waals surface area contributed by atoms with Crippen LogP contribution >= 0.6 is 0 Å². The highest BCUT2D eigenvalue weighted by Gasteiger charge is 2.22. The van der Waals surface area contributed by atoms with Gasteiger partial charge in [-0.05, 0) is 6.07 Å². The smallest absolute Gasteiger partial charge is 0.271 e. The maximum Gasteiger partial charge on any atom is 0.271 e. The van der Waals surface area contributed by atoms with Crippen molar-refractivity contribution in [3.8, 4) is 5.75 Å². The second kappa shape index (κ2) is 5.11. The van der Waals surface area contributed by atoms with E-state index in [-0.39, 0.29) is 22.9 Å². The molecule has 0 aromatic heterocycles. The normalized spacial score (nSPS) is 11.2. The maximum atomic E-state index is 11.8. The Morgan fingerprint density at radius 1 is 1.47 bits per heavy atom. The van der Waals surface area contributed by atoms with E-state index < -0.39 is 14.9 Å². The molecule has 1 aromatic rings. The number of nitro groups is 1. The Morgan fingerprint density at radius 2 is 2.12 bits per heavy atom. The van der Waals surface area contributed by atoms with Crippen molar-refractivity contribution in [1.82, 2.24) is 4.72 Å². The fraction of sp³-hybridized carbons (Fsp3) is 0.333. The SMILES string of the molecule is CCNS(=O)(=O)c1cc([N+](=O)[O-])ccc1OC. The van der Waals surface area contributed by atoms with Crippen LogP contribution in [0.1, 0.15) is 6.92 Å². The monoisotopic (exact) mass is 260 g/mol. The molecule has 0 spiro atoms. The minimum atomic E-state index is -3.79. The van der Waals surface area contributed by atoms with E-state index in [0.717, 1.165) is 6.07 Å². The number of nitrogens with one attached hydrogen (secondary N) is 1. The van der Waals surface area contributed by atoms with E-state index in [1.165, 1.54) is 19.2 Å². The molecule has 0 aliphatic rings. The van der Waals surface area contributed by atoms with Crippen molar-refractivity contribution in [2.75, 3.05) is 13.7 Å². The molecule has 0 aliphatic heterocycles. The van der Waals surface area contributed by atoms with Gasteiger partial charge in [-0.2, -0.15) is 0 Å². The van der Waals surface area contributed by atoms with Crippen LogP contribution in [-0.2, 0) is 10.0 Å². The van der Waals surface area contributed by atoms with Gasteiger partial charge in [0.25, 0.3) is 5.69 Å². The first-order chi connectivity index (χ1) is 7.92. The molecule has 1 N–H and O–H groups in total. The van der Waals surface area contributed by atoms with Crippen LogP contribution in [0.4, 0.5) is 5.69 Å². The van der Waals surface area contributed by atoms with Gasteiger partial charge in [0.15, 0.2) is 0 Å². The van der Waals surface area contributed by atoms with Crippen molar-refractivity contribution in [2.45, 2.75) is 11.8 Å². The highest BCUT2D eigenvalue weighted by Crippen LogP contribution is 2.27. The predicted molar refractivity (Wildman–Crippen MR) is 60.5 cm³/mol. The molecular weight excluding hydrogens is 248 g/mol. The minimum Gasteiger partial charge on any atom is -0.495 e. The van der Waals surface area contributed by atoms with Gasteiger partial charge in [-0.1, -0.05) is 6.92 Å². The van der Waals surface area contributed by atoms with Crippen LogP contribution in [0.15, 0.2) is 23.1 Å². The second-order valence-electron chi connectivity index (χ2n) is 3.09. The lowest BCUT2D eigenvalue weighted by Crippen LogP contribution is -2.23. The first-order valence-corrected chi connectivity index (χ1v) is 6.22. The Kier molecular flexibility index (Phi) is 4.02. The molecule has 0 atom stereocenters. The summed E-state index contributed by atoms with van der Waals surface area (Å²) in [6, 6.07) is 3.41. The fourth-order valence-corrected chi connectivity index (χ4v) is 2.48. The van der Waals surface area contributed by atoms with E-state index in [1.54, 1.807) is 6.92 Å². The molecular formula is C9H12N2O5S. The Morgan fingerprint density at radius 3 is 2.59 bits per heavy atom. The second-order valence-corrected chi connectivity index (χ2v) is 4.83. The number of benzene rings is 1. The Balaban J connectivity index is 3.38. The van der Waals surface area contributed by atoms with Crippen LogP contribution in [0.5, 0.6) is 5.75 Å². The van der Waals surface area contributed by atoms with E-state index in [0.29, 0.717) is 0 Å². The predicted octanol–water partition coefficient (Wildman–Crippen LogP) is 0.902. The lowest BCUT2D eigenvalue weighted by atomic mass is 10.3. The summed E-state index contributed by atoms with van der Waals surface area (Å²) in [5, 5.41) is 10.6. The van der Waals surface area contributed by atoms with Gasteiger partial charge in [0, 0.05) is 18.7 Å². The average Bonchev–Trinajstić information content (AvgIpc) is 2.28. The summed E-state index contributed by atoms with van der Waals surface area (Å²) in [5.74, 6) is 0.0663. The van der Waals surface area contributed by atoms with E-state index in [4.69, 9.17) is 4.74 Å². The van der Waals surface area contributed by atoms with Crippen molar-refractivity contribution in [2.24, 2.45) is 0 Å². The number of hydrogen-bond acceptors (Lipinski definition) is 5. The van der Waals surface area contributed by atoms with Gasteiger partial charge in [0.2, 0.25) is 10.0 Å².